The Morgan fingerprint density at radius 1 is 1.05 bits per heavy atom. The van der Waals surface area contributed by atoms with Crippen LogP contribution in [0.5, 0.6) is 0 Å². The maximum Gasteiger partial charge on any atom is 0.237 e. The van der Waals surface area contributed by atoms with Crippen molar-refractivity contribution in [3.63, 3.8) is 0 Å². The first-order valence-electron chi connectivity index (χ1n) is 6.28. The Labute approximate surface area is 127 Å². The molecule has 1 N–H and O–H groups in total. The quantitative estimate of drug-likeness (QED) is 0.918. The van der Waals surface area contributed by atoms with Gasteiger partial charge in [-0.25, -0.2) is 13.2 Å². The molecule has 0 radical (unpaired) electrons. The van der Waals surface area contributed by atoms with Gasteiger partial charge in [0, 0.05) is 22.6 Å². The number of benzene rings is 2. The summed E-state index contributed by atoms with van der Waals surface area (Å²) in [5.74, 6) is -3.15. The molecule has 0 aliphatic carbocycles. The molecule has 0 aliphatic heterocycles. The van der Waals surface area contributed by atoms with Crippen molar-refractivity contribution < 1.29 is 22.2 Å². The van der Waals surface area contributed by atoms with Gasteiger partial charge in [0.1, 0.15) is 23.2 Å². The van der Waals surface area contributed by atoms with Gasteiger partial charge >= 0.3 is 0 Å². The highest BCUT2D eigenvalue weighted by molar-refractivity contribution is 7.84. The molecule has 0 saturated heterocycles. The van der Waals surface area contributed by atoms with E-state index in [0.717, 1.165) is 12.1 Å². The molecule has 1 unspecified atom stereocenters. The van der Waals surface area contributed by atoms with E-state index in [1.165, 1.54) is 18.2 Å². The van der Waals surface area contributed by atoms with Gasteiger partial charge < -0.3 is 5.32 Å². The number of rotatable bonds is 5. The first-order valence-corrected chi connectivity index (χ1v) is 7.77. The zero-order valence-electron chi connectivity index (χ0n) is 11.3. The zero-order chi connectivity index (χ0) is 16.1. The predicted molar refractivity (Wildman–Crippen MR) is 78.1 cm³/mol. The largest absolute Gasteiger partial charge is 0.323 e. The lowest BCUT2D eigenvalue weighted by Gasteiger charge is -2.07. The van der Waals surface area contributed by atoms with Gasteiger partial charge in [-0.15, -0.1) is 0 Å². The molecule has 2 rings (SSSR count). The molecule has 7 heteroatoms. The number of amides is 1. The van der Waals surface area contributed by atoms with Crippen molar-refractivity contribution in [2.45, 2.75) is 5.75 Å². The standard InChI is InChI=1S/C15H12F3NO2S/c16-11-3-1-2-10(6-11)8-22(21)9-15(20)19-14-5-4-12(17)7-13(14)18/h1-7H,8-9H2,(H,19,20). The lowest BCUT2D eigenvalue weighted by atomic mass is 10.2. The van der Waals surface area contributed by atoms with Crippen LogP contribution >= 0.6 is 0 Å². The number of halogens is 3. The maximum absolute atomic E-state index is 13.4. The summed E-state index contributed by atoms with van der Waals surface area (Å²) in [6, 6.07) is 8.29. The molecule has 116 valence electrons. The van der Waals surface area contributed by atoms with Crippen molar-refractivity contribution in [1.29, 1.82) is 0 Å². The maximum atomic E-state index is 13.4. The molecule has 0 aromatic heterocycles. The van der Waals surface area contributed by atoms with E-state index in [9.17, 15) is 22.2 Å². The smallest absolute Gasteiger partial charge is 0.237 e. The Hall–Kier alpha value is -2.15. The summed E-state index contributed by atoms with van der Waals surface area (Å²) < 4.78 is 50.9. The van der Waals surface area contributed by atoms with Crippen LogP contribution in [0.15, 0.2) is 42.5 Å². The zero-order valence-corrected chi connectivity index (χ0v) is 12.1. The highest BCUT2D eigenvalue weighted by Gasteiger charge is 2.12. The van der Waals surface area contributed by atoms with Gasteiger partial charge in [-0.05, 0) is 29.8 Å². The lowest BCUT2D eigenvalue weighted by Crippen LogP contribution is -2.20. The van der Waals surface area contributed by atoms with Crippen LogP contribution < -0.4 is 5.32 Å². The Morgan fingerprint density at radius 2 is 1.77 bits per heavy atom. The molecular formula is C15H12F3NO2S. The minimum atomic E-state index is -1.57. The molecule has 0 aliphatic rings. The average molecular weight is 327 g/mol. The Kier molecular flexibility index (Phi) is 5.32. The van der Waals surface area contributed by atoms with E-state index in [-0.39, 0.29) is 17.2 Å². The van der Waals surface area contributed by atoms with E-state index in [1.54, 1.807) is 6.07 Å². The highest BCUT2D eigenvalue weighted by Crippen LogP contribution is 2.15. The second kappa shape index (κ2) is 7.22. The summed E-state index contributed by atoms with van der Waals surface area (Å²) in [6.07, 6.45) is 0. The van der Waals surface area contributed by atoms with Crippen LogP contribution in [-0.2, 0) is 21.3 Å². The van der Waals surface area contributed by atoms with E-state index in [4.69, 9.17) is 0 Å². The average Bonchev–Trinajstić information content (AvgIpc) is 2.41. The van der Waals surface area contributed by atoms with Gasteiger partial charge in [0.15, 0.2) is 0 Å². The first kappa shape index (κ1) is 16.2. The number of nitrogens with one attached hydrogen (secondary N) is 1. The molecule has 0 saturated carbocycles. The van der Waals surface area contributed by atoms with Crippen LogP contribution in [0.1, 0.15) is 5.56 Å². The Morgan fingerprint density at radius 3 is 2.45 bits per heavy atom. The fourth-order valence-electron chi connectivity index (χ4n) is 1.79. The van der Waals surface area contributed by atoms with Crippen LogP contribution in [0, 0.1) is 17.5 Å². The minimum absolute atomic E-state index is 0.0110. The Bertz CT molecular complexity index is 722. The topological polar surface area (TPSA) is 46.2 Å². The SMILES string of the molecule is O=C(CS(=O)Cc1cccc(F)c1)Nc1ccc(F)cc1F. The molecule has 3 nitrogen and oxygen atoms in total. The second-order valence-electron chi connectivity index (χ2n) is 4.53. The molecule has 2 aromatic rings. The van der Waals surface area contributed by atoms with Gasteiger partial charge in [0.2, 0.25) is 5.91 Å². The van der Waals surface area contributed by atoms with Crippen molar-refractivity contribution in [2.24, 2.45) is 0 Å². The highest BCUT2D eigenvalue weighted by atomic mass is 32.2. The summed E-state index contributed by atoms with van der Waals surface area (Å²) in [5, 5.41) is 2.22. The van der Waals surface area contributed by atoms with Gasteiger partial charge in [-0.2, -0.15) is 0 Å². The van der Waals surface area contributed by atoms with Gasteiger partial charge in [0.25, 0.3) is 0 Å². The van der Waals surface area contributed by atoms with Crippen molar-refractivity contribution in [2.75, 3.05) is 11.1 Å². The lowest BCUT2D eigenvalue weighted by molar-refractivity contribution is -0.113. The van der Waals surface area contributed by atoms with E-state index >= 15 is 0 Å². The molecule has 0 bridgehead atoms. The first-order chi connectivity index (χ1) is 10.4. The van der Waals surface area contributed by atoms with Crippen LogP contribution in [0.4, 0.5) is 18.9 Å². The van der Waals surface area contributed by atoms with Crippen LogP contribution in [0.3, 0.4) is 0 Å². The van der Waals surface area contributed by atoms with Crippen LogP contribution in [0.25, 0.3) is 0 Å². The van der Waals surface area contributed by atoms with Gasteiger partial charge in [0.05, 0.1) is 5.69 Å². The molecule has 0 heterocycles. The van der Waals surface area contributed by atoms with Gasteiger partial charge in [-0.3, -0.25) is 9.00 Å². The third-order valence-corrected chi connectivity index (χ3v) is 3.95. The monoisotopic (exact) mass is 327 g/mol. The van der Waals surface area contributed by atoms with Crippen LogP contribution in [-0.4, -0.2) is 15.9 Å². The van der Waals surface area contributed by atoms with Crippen LogP contribution in [0.2, 0.25) is 0 Å². The van der Waals surface area contributed by atoms with Crippen molar-refractivity contribution in [1.82, 2.24) is 0 Å². The summed E-state index contributed by atoms with van der Waals surface area (Å²) in [5.41, 5.74) is 0.313. The molecule has 2 aromatic carbocycles. The fourth-order valence-corrected chi connectivity index (χ4v) is 2.81. The molecule has 22 heavy (non-hydrogen) atoms. The molecular weight excluding hydrogens is 315 g/mol. The number of carbonyl (C=O) groups is 1. The summed E-state index contributed by atoms with van der Waals surface area (Å²) in [6.45, 7) is 0. The van der Waals surface area contributed by atoms with Gasteiger partial charge in [-0.1, -0.05) is 12.1 Å². The number of carbonyl (C=O) groups excluding carboxylic acids is 1. The third-order valence-electron chi connectivity index (χ3n) is 2.71. The van der Waals surface area contributed by atoms with E-state index in [0.29, 0.717) is 11.6 Å². The second-order valence-corrected chi connectivity index (χ2v) is 5.99. The minimum Gasteiger partial charge on any atom is -0.323 e. The molecule has 1 amide bonds. The number of anilines is 1. The van der Waals surface area contributed by atoms with E-state index in [2.05, 4.69) is 5.32 Å². The molecule has 0 spiro atoms. The number of hydrogen-bond donors (Lipinski definition) is 1. The summed E-state index contributed by atoms with van der Waals surface area (Å²) >= 11 is 0. The van der Waals surface area contributed by atoms with E-state index < -0.39 is 34.2 Å². The van der Waals surface area contributed by atoms with E-state index in [1.807, 2.05) is 0 Å². The van der Waals surface area contributed by atoms with Crippen molar-refractivity contribution in [3.05, 3.63) is 65.5 Å². The fraction of sp³-hybridized carbons (Fsp3) is 0.133. The Balaban J connectivity index is 1.92. The van der Waals surface area contributed by atoms with Crippen molar-refractivity contribution >= 4 is 22.4 Å². The molecule has 1 atom stereocenters. The molecule has 0 fully saturated rings. The normalized spacial score (nSPS) is 12.0. The third kappa shape index (κ3) is 4.70. The summed E-state index contributed by atoms with van der Waals surface area (Å²) in [4.78, 5) is 11.7. The summed E-state index contributed by atoms with van der Waals surface area (Å²) in [7, 11) is -1.57. The number of hydrogen-bond acceptors (Lipinski definition) is 2. The predicted octanol–water partition coefficient (Wildman–Crippen LogP) is 2.99. The van der Waals surface area contributed by atoms with Crippen molar-refractivity contribution in [3.8, 4) is 0 Å².